The molecule has 0 saturated heterocycles. The van der Waals surface area contributed by atoms with Crippen molar-refractivity contribution in [1.29, 1.82) is 0 Å². The minimum absolute atomic E-state index is 0.109. The summed E-state index contributed by atoms with van der Waals surface area (Å²) >= 11 is 0. The first kappa shape index (κ1) is 22.1. The van der Waals surface area contributed by atoms with Crippen LogP contribution in [0.3, 0.4) is 0 Å². The summed E-state index contributed by atoms with van der Waals surface area (Å²) in [7, 11) is 1.90. The number of benzene rings is 1. The van der Waals surface area contributed by atoms with Crippen LogP contribution >= 0.6 is 0 Å². The van der Waals surface area contributed by atoms with E-state index >= 15 is 0 Å². The van der Waals surface area contributed by atoms with Crippen LogP contribution in [0.2, 0.25) is 0 Å². The van der Waals surface area contributed by atoms with Crippen molar-refractivity contribution >= 4 is 11.7 Å². The van der Waals surface area contributed by atoms with Crippen LogP contribution in [0.25, 0.3) is 11.3 Å². The van der Waals surface area contributed by atoms with Crippen LogP contribution in [0.4, 0.5) is 5.69 Å². The van der Waals surface area contributed by atoms with E-state index in [0.29, 0.717) is 18.1 Å². The van der Waals surface area contributed by atoms with E-state index < -0.39 is 5.97 Å². The molecule has 5 nitrogen and oxygen atoms in total. The maximum Gasteiger partial charge on any atom is 0.305 e. The van der Waals surface area contributed by atoms with Crippen LogP contribution in [0.1, 0.15) is 52.9 Å². The maximum absolute atomic E-state index is 10.8. The standard InChI is InChI=1S/C25H34N2O3/c1-25(2,3)19-7-11-22(12-8-19)30-21-9-5-18(6-10-21)23-17-20(13-15-26-23)27(4)16-14-24(28)29/h5-6,9-10,13,15,17,19,22H,7-8,11-12,14,16H2,1-4H3,(H,28,29). The van der Waals surface area contributed by atoms with Crippen LogP contribution in [0.5, 0.6) is 5.75 Å². The Balaban J connectivity index is 1.60. The third-order valence-electron chi connectivity index (χ3n) is 6.20. The largest absolute Gasteiger partial charge is 0.490 e. The van der Waals surface area contributed by atoms with Gasteiger partial charge in [0.1, 0.15) is 5.75 Å². The average molecular weight is 411 g/mol. The Morgan fingerprint density at radius 3 is 2.40 bits per heavy atom. The number of pyridine rings is 1. The molecule has 2 aromatic rings. The molecule has 3 rings (SSSR count). The highest BCUT2D eigenvalue weighted by Crippen LogP contribution is 2.38. The van der Waals surface area contributed by atoms with Gasteiger partial charge in [0.2, 0.25) is 0 Å². The number of anilines is 1. The molecule has 0 radical (unpaired) electrons. The summed E-state index contributed by atoms with van der Waals surface area (Å²) in [5.74, 6) is 0.901. The first-order chi connectivity index (χ1) is 14.2. The van der Waals surface area contributed by atoms with E-state index in [1.807, 2.05) is 48.3 Å². The number of aromatic nitrogens is 1. The van der Waals surface area contributed by atoms with E-state index in [1.54, 1.807) is 6.20 Å². The van der Waals surface area contributed by atoms with Gasteiger partial charge in [-0.2, -0.15) is 0 Å². The summed E-state index contributed by atoms with van der Waals surface area (Å²) in [5, 5.41) is 8.88. The molecule has 0 amide bonds. The number of carboxylic acids is 1. The SMILES string of the molecule is CN(CCC(=O)O)c1ccnc(-c2ccc(OC3CCC(C(C)(C)C)CC3)cc2)c1. The number of hydrogen-bond donors (Lipinski definition) is 1. The predicted molar refractivity (Wildman–Crippen MR) is 121 cm³/mol. The monoisotopic (exact) mass is 410 g/mol. The van der Waals surface area contributed by atoms with Gasteiger partial charge in [0.25, 0.3) is 0 Å². The molecule has 0 atom stereocenters. The molecule has 0 aliphatic heterocycles. The number of hydrogen-bond acceptors (Lipinski definition) is 4. The van der Waals surface area contributed by atoms with Crippen molar-refractivity contribution in [2.45, 2.75) is 59.0 Å². The zero-order valence-electron chi connectivity index (χ0n) is 18.6. The summed E-state index contributed by atoms with van der Waals surface area (Å²) in [6.07, 6.45) is 6.89. The Bertz CT molecular complexity index is 834. The van der Waals surface area contributed by atoms with Crippen molar-refractivity contribution in [2.24, 2.45) is 11.3 Å². The first-order valence-electron chi connectivity index (χ1n) is 10.9. The van der Waals surface area contributed by atoms with Crippen LogP contribution in [0, 0.1) is 11.3 Å². The van der Waals surface area contributed by atoms with Gasteiger partial charge in [0, 0.05) is 31.0 Å². The van der Waals surface area contributed by atoms with Gasteiger partial charge in [-0.1, -0.05) is 20.8 Å². The minimum atomic E-state index is -0.793. The van der Waals surface area contributed by atoms with Crippen LogP contribution in [-0.2, 0) is 4.79 Å². The zero-order chi connectivity index (χ0) is 21.7. The molecule has 0 spiro atoms. The Labute approximate surface area is 180 Å². The second kappa shape index (κ2) is 9.50. The van der Waals surface area contributed by atoms with Crippen molar-refractivity contribution in [1.82, 2.24) is 4.98 Å². The topological polar surface area (TPSA) is 62.7 Å². The molecular formula is C25H34N2O3. The Hall–Kier alpha value is -2.56. The number of nitrogens with zero attached hydrogens (tertiary/aromatic N) is 2. The van der Waals surface area contributed by atoms with E-state index in [9.17, 15) is 4.79 Å². The number of rotatable bonds is 7. The molecule has 30 heavy (non-hydrogen) atoms. The smallest absolute Gasteiger partial charge is 0.305 e. The minimum Gasteiger partial charge on any atom is -0.490 e. The lowest BCUT2D eigenvalue weighted by atomic mass is 9.72. The second-order valence-corrected chi connectivity index (χ2v) is 9.45. The molecule has 1 aliphatic rings. The van der Waals surface area contributed by atoms with Crippen LogP contribution in [-0.4, -0.2) is 35.8 Å². The lowest BCUT2D eigenvalue weighted by Gasteiger charge is -2.36. The number of ether oxygens (including phenoxy) is 1. The lowest BCUT2D eigenvalue weighted by Crippen LogP contribution is -2.30. The van der Waals surface area contributed by atoms with E-state index in [2.05, 4.69) is 25.8 Å². The molecule has 162 valence electrons. The van der Waals surface area contributed by atoms with Gasteiger partial charge < -0.3 is 14.7 Å². The summed E-state index contributed by atoms with van der Waals surface area (Å²) in [4.78, 5) is 17.2. The van der Waals surface area contributed by atoms with Crippen LogP contribution in [0.15, 0.2) is 42.6 Å². The molecule has 0 unspecified atom stereocenters. The zero-order valence-corrected chi connectivity index (χ0v) is 18.6. The first-order valence-corrected chi connectivity index (χ1v) is 10.9. The van der Waals surface area contributed by atoms with Gasteiger partial charge >= 0.3 is 5.97 Å². The van der Waals surface area contributed by atoms with E-state index in [0.717, 1.165) is 41.5 Å². The Morgan fingerprint density at radius 1 is 1.13 bits per heavy atom. The lowest BCUT2D eigenvalue weighted by molar-refractivity contribution is -0.136. The van der Waals surface area contributed by atoms with Gasteiger partial charge in [-0.05, 0) is 73.4 Å². The van der Waals surface area contributed by atoms with Crippen molar-refractivity contribution in [2.75, 3.05) is 18.5 Å². The number of carboxylic acid groups (broad SMARTS) is 1. The molecule has 1 N–H and O–H groups in total. The van der Waals surface area contributed by atoms with Gasteiger partial charge in [-0.25, -0.2) is 0 Å². The fraction of sp³-hybridized carbons (Fsp3) is 0.520. The maximum atomic E-state index is 10.8. The second-order valence-electron chi connectivity index (χ2n) is 9.45. The van der Waals surface area contributed by atoms with Crippen molar-refractivity contribution in [3.8, 4) is 17.0 Å². The van der Waals surface area contributed by atoms with E-state index in [1.165, 1.54) is 12.8 Å². The van der Waals surface area contributed by atoms with Crippen molar-refractivity contribution in [3.05, 3.63) is 42.6 Å². The van der Waals surface area contributed by atoms with E-state index in [-0.39, 0.29) is 6.42 Å². The average Bonchev–Trinajstić information content (AvgIpc) is 2.72. The van der Waals surface area contributed by atoms with E-state index in [4.69, 9.17) is 9.84 Å². The Kier molecular flexibility index (Phi) is 7.01. The molecule has 1 heterocycles. The third-order valence-corrected chi connectivity index (χ3v) is 6.20. The normalized spacial score (nSPS) is 19.3. The fourth-order valence-electron chi connectivity index (χ4n) is 4.15. The van der Waals surface area contributed by atoms with Crippen molar-refractivity contribution < 1.29 is 14.6 Å². The van der Waals surface area contributed by atoms with Gasteiger partial charge in [0.15, 0.2) is 0 Å². The van der Waals surface area contributed by atoms with Gasteiger partial charge in [-0.15, -0.1) is 0 Å². The van der Waals surface area contributed by atoms with Gasteiger partial charge in [-0.3, -0.25) is 9.78 Å². The molecule has 5 heteroatoms. The quantitative estimate of drug-likeness (QED) is 0.640. The third kappa shape index (κ3) is 5.97. The number of aliphatic carboxylic acids is 1. The van der Waals surface area contributed by atoms with Crippen molar-refractivity contribution in [3.63, 3.8) is 0 Å². The number of carbonyl (C=O) groups is 1. The summed E-state index contributed by atoms with van der Waals surface area (Å²) < 4.78 is 6.24. The Morgan fingerprint density at radius 2 is 1.80 bits per heavy atom. The molecule has 1 fully saturated rings. The molecule has 1 aliphatic carbocycles. The molecule has 1 saturated carbocycles. The van der Waals surface area contributed by atoms with Crippen LogP contribution < -0.4 is 9.64 Å². The molecule has 0 bridgehead atoms. The fourth-order valence-corrected chi connectivity index (χ4v) is 4.15. The molecule has 1 aromatic heterocycles. The molecule has 1 aromatic carbocycles. The summed E-state index contributed by atoms with van der Waals surface area (Å²) in [5.41, 5.74) is 3.23. The summed E-state index contributed by atoms with van der Waals surface area (Å²) in [6.45, 7) is 7.47. The highest BCUT2D eigenvalue weighted by Gasteiger charge is 2.30. The summed E-state index contributed by atoms with van der Waals surface area (Å²) in [6, 6.07) is 12.0. The van der Waals surface area contributed by atoms with Gasteiger partial charge in [0.05, 0.1) is 18.2 Å². The highest BCUT2D eigenvalue weighted by molar-refractivity contribution is 5.68. The predicted octanol–water partition coefficient (Wildman–Crippen LogP) is 5.64. The molecular weight excluding hydrogens is 376 g/mol. The highest BCUT2D eigenvalue weighted by atomic mass is 16.5.